The quantitative estimate of drug-likeness (QED) is 0.530. The highest BCUT2D eigenvalue weighted by Crippen LogP contribution is 2.37. The van der Waals surface area contributed by atoms with E-state index < -0.39 is 42.6 Å². The van der Waals surface area contributed by atoms with Gasteiger partial charge in [-0.05, 0) is 18.2 Å². The van der Waals surface area contributed by atoms with E-state index in [1.165, 1.54) is 17.0 Å². The first-order chi connectivity index (χ1) is 17.4. The van der Waals surface area contributed by atoms with Gasteiger partial charge in [-0.25, -0.2) is 8.78 Å². The molecule has 2 atom stereocenters. The molecule has 4 rings (SSSR count). The molecule has 12 heteroatoms. The van der Waals surface area contributed by atoms with Gasteiger partial charge in [-0.15, -0.1) is 0 Å². The van der Waals surface area contributed by atoms with Gasteiger partial charge in [-0.1, -0.05) is 25.7 Å². The zero-order valence-electron chi connectivity index (χ0n) is 21.2. The molecule has 0 aromatic carbocycles. The Hall–Kier alpha value is -3.38. The summed E-state index contributed by atoms with van der Waals surface area (Å²) >= 11 is 0. The zero-order valence-corrected chi connectivity index (χ0v) is 22.2. The van der Waals surface area contributed by atoms with Crippen LogP contribution < -0.4 is 10.9 Å². The van der Waals surface area contributed by atoms with Gasteiger partial charge in [0, 0.05) is 49.5 Å². The Kier molecular flexibility index (Phi) is 7.33. The summed E-state index contributed by atoms with van der Waals surface area (Å²) in [5.41, 5.74) is 1.45. The lowest BCUT2D eigenvalue weighted by atomic mass is 9.94. The highest BCUT2D eigenvalue weighted by atomic mass is 28.3. The van der Waals surface area contributed by atoms with E-state index in [0.717, 1.165) is 6.08 Å². The Bertz CT molecular complexity index is 1330. The smallest absolute Gasteiger partial charge is 0.280 e. The SMILES string of the molecule is COCc1ccc2c(n1)CCN(C(=O)Cc1cc(=O)[nH]o1)[C@H]2C(=O)NC1=CC(F)([Si](C)(C)C)C=C(F)C1. The number of nitrogens with one attached hydrogen (secondary N) is 2. The molecule has 9 nitrogen and oxygen atoms in total. The first-order valence-corrected chi connectivity index (χ1v) is 15.4. The third-order valence-corrected chi connectivity index (χ3v) is 9.16. The summed E-state index contributed by atoms with van der Waals surface area (Å²) in [5.74, 6) is -1.58. The largest absolute Gasteiger partial charge is 0.383 e. The Morgan fingerprint density at radius 2 is 2.08 bits per heavy atom. The molecule has 2 aliphatic rings. The summed E-state index contributed by atoms with van der Waals surface area (Å²) < 4.78 is 40.3. The molecule has 0 spiro atoms. The number of carbonyl (C=O) groups is 2. The van der Waals surface area contributed by atoms with Gasteiger partial charge in [-0.2, -0.15) is 5.16 Å². The maximum absolute atomic E-state index is 15.7. The molecule has 2 aromatic rings. The van der Waals surface area contributed by atoms with Crippen LogP contribution in [0, 0.1) is 0 Å². The fraction of sp³-hybridized carbons (Fsp3) is 0.440. The van der Waals surface area contributed by atoms with E-state index in [1.54, 1.807) is 38.9 Å². The number of ether oxygens (including phenoxy) is 1. The van der Waals surface area contributed by atoms with Crippen LogP contribution >= 0.6 is 0 Å². The molecule has 2 amide bonds. The molecule has 2 N–H and O–H groups in total. The molecule has 1 aliphatic carbocycles. The summed E-state index contributed by atoms with van der Waals surface area (Å²) in [7, 11) is -0.986. The van der Waals surface area contributed by atoms with Crippen LogP contribution in [0.2, 0.25) is 19.6 Å². The van der Waals surface area contributed by atoms with Crippen molar-refractivity contribution in [2.45, 2.75) is 56.8 Å². The number of aromatic nitrogens is 2. The van der Waals surface area contributed by atoms with Crippen LogP contribution in [0.25, 0.3) is 0 Å². The summed E-state index contributed by atoms with van der Waals surface area (Å²) in [6.07, 6.45) is 2.17. The molecule has 2 aromatic heterocycles. The fourth-order valence-electron chi connectivity index (χ4n) is 4.52. The molecule has 1 unspecified atom stereocenters. The average Bonchev–Trinajstić information content (AvgIpc) is 3.21. The molecule has 0 radical (unpaired) electrons. The Balaban J connectivity index is 1.67. The van der Waals surface area contributed by atoms with Crippen LogP contribution in [0.5, 0.6) is 0 Å². The minimum Gasteiger partial charge on any atom is -0.383 e. The molecular weight excluding hydrogens is 502 g/mol. The number of hydrogen-bond acceptors (Lipinski definition) is 6. The van der Waals surface area contributed by atoms with Gasteiger partial charge in [0.25, 0.3) is 11.5 Å². The Labute approximate surface area is 213 Å². The molecule has 0 saturated heterocycles. The van der Waals surface area contributed by atoms with Crippen molar-refractivity contribution in [1.29, 1.82) is 0 Å². The van der Waals surface area contributed by atoms with Gasteiger partial charge in [0.2, 0.25) is 5.91 Å². The van der Waals surface area contributed by atoms with Gasteiger partial charge < -0.3 is 19.5 Å². The summed E-state index contributed by atoms with van der Waals surface area (Å²) in [6.45, 7) is 5.79. The minimum absolute atomic E-state index is 0.107. The number of rotatable bonds is 7. The molecule has 0 saturated carbocycles. The van der Waals surface area contributed by atoms with E-state index in [9.17, 15) is 18.8 Å². The van der Waals surface area contributed by atoms with E-state index in [4.69, 9.17) is 9.26 Å². The first-order valence-electron chi connectivity index (χ1n) is 11.9. The Morgan fingerprint density at radius 3 is 2.73 bits per heavy atom. The van der Waals surface area contributed by atoms with Crippen molar-refractivity contribution in [1.82, 2.24) is 20.4 Å². The highest BCUT2D eigenvalue weighted by Gasteiger charge is 2.44. The van der Waals surface area contributed by atoms with Crippen molar-refractivity contribution < 1.29 is 27.6 Å². The molecule has 198 valence electrons. The van der Waals surface area contributed by atoms with Gasteiger partial charge >= 0.3 is 0 Å². The van der Waals surface area contributed by atoms with Crippen molar-refractivity contribution in [2.75, 3.05) is 13.7 Å². The standard InChI is InChI=1S/C25H30F2N4O5Si/c1-35-14-16-5-6-19-20(28-16)7-8-31(22(33)11-18-10-21(32)30-36-18)23(19)24(34)29-17-9-15(26)12-25(27,13-17)37(2,3)4/h5-6,10,12-13,23H,7-9,11,14H2,1-4H3,(H,29,34)(H,30,32)/t23-,25?/m1/s1. The summed E-state index contributed by atoms with van der Waals surface area (Å²) in [5, 5.41) is 2.85. The van der Waals surface area contributed by atoms with E-state index in [2.05, 4.69) is 15.5 Å². The van der Waals surface area contributed by atoms with Gasteiger partial charge in [0.15, 0.2) is 0 Å². The van der Waals surface area contributed by atoms with Crippen molar-refractivity contribution in [3.05, 3.63) is 74.9 Å². The Morgan fingerprint density at radius 1 is 1.32 bits per heavy atom. The number of methoxy groups -OCH3 is 1. The molecule has 0 bridgehead atoms. The fourth-order valence-corrected chi connectivity index (χ4v) is 5.71. The maximum atomic E-state index is 15.7. The number of aromatic amines is 1. The number of H-pyrrole nitrogens is 1. The lowest BCUT2D eigenvalue weighted by Gasteiger charge is -2.37. The number of alkyl halides is 1. The molecule has 3 heterocycles. The number of allylic oxidation sites excluding steroid dienone is 3. The van der Waals surface area contributed by atoms with E-state index in [-0.39, 0.29) is 37.5 Å². The third kappa shape index (κ3) is 5.64. The van der Waals surface area contributed by atoms with Crippen molar-refractivity contribution in [3.8, 4) is 0 Å². The predicted octanol–water partition coefficient (Wildman–Crippen LogP) is 3.02. The number of carbonyl (C=O) groups excluding carboxylic acids is 2. The van der Waals surface area contributed by atoms with E-state index in [0.29, 0.717) is 23.4 Å². The maximum Gasteiger partial charge on any atom is 0.280 e. The van der Waals surface area contributed by atoms with Crippen LogP contribution in [0.1, 0.15) is 35.2 Å². The highest BCUT2D eigenvalue weighted by molar-refractivity contribution is 6.80. The molecule has 37 heavy (non-hydrogen) atoms. The average molecular weight is 533 g/mol. The lowest BCUT2D eigenvalue weighted by molar-refractivity contribution is -0.141. The second-order valence-electron chi connectivity index (χ2n) is 10.3. The number of pyridine rings is 1. The van der Waals surface area contributed by atoms with Gasteiger partial charge in [0.1, 0.15) is 22.9 Å². The topological polar surface area (TPSA) is 118 Å². The second kappa shape index (κ2) is 10.2. The van der Waals surface area contributed by atoms with Crippen molar-refractivity contribution >= 4 is 19.9 Å². The van der Waals surface area contributed by atoms with E-state index in [1.807, 2.05) is 0 Å². The van der Waals surface area contributed by atoms with Crippen LogP contribution in [-0.4, -0.2) is 53.9 Å². The zero-order chi connectivity index (χ0) is 27.0. The monoisotopic (exact) mass is 532 g/mol. The first kappa shape index (κ1) is 26.7. The van der Waals surface area contributed by atoms with Crippen LogP contribution in [-0.2, 0) is 33.8 Å². The lowest BCUT2D eigenvalue weighted by Crippen LogP contribution is -2.50. The molecule has 0 fully saturated rings. The normalized spacial score (nSPS) is 21.7. The number of halogens is 2. The third-order valence-electron chi connectivity index (χ3n) is 6.57. The number of nitrogens with zero attached hydrogens (tertiary/aromatic N) is 2. The molecule has 1 aliphatic heterocycles. The van der Waals surface area contributed by atoms with Crippen LogP contribution in [0.4, 0.5) is 8.78 Å². The van der Waals surface area contributed by atoms with Crippen LogP contribution in [0.3, 0.4) is 0 Å². The van der Waals surface area contributed by atoms with Crippen molar-refractivity contribution in [3.63, 3.8) is 0 Å². The number of amides is 2. The van der Waals surface area contributed by atoms with Crippen LogP contribution in [0.15, 0.2) is 51.2 Å². The van der Waals surface area contributed by atoms with Gasteiger partial charge in [-0.3, -0.25) is 19.4 Å². The summed E-state index contributed by atoms with van der Waals surface area (Å²) in [4.78, 5) is 44.3. The number of fused-ring (bicyclic) bond motifs is 1. The van der Waals surface area contributed by atoms with Gasteiger partial charge in [0.05, 0.1) is 26.8 Å². The minimum atomic E-state index is -2.54. The van der Waals surface area contributed by atoms with E-state index >= 15 is 4.39 Å². The molecular formula is C25H30F2N4O5Si. The number of hydrogen-bond donors (Lipinski definition) is 2. The predicted molar refractivity (Wildman–Crippen MR) is 133 cm³/mol. The van der Waals surface area contributed by atoms with Crippen molar-refractivity contribution in [2.24, 2.45) is 0 Å². The second-order valence-corrected chi connectivity index (χ2v) is 15.6. The summed E-state index contributed by atoms with van der Waals surface area (Å²) in [6, 6.07) is 3.50.